The molecule has 0 radical (unpaired) electrons. The maximum Gasteiger partial charge on any atom is 0.224 e. The van der Waals surface area contributed by atoms with Crippen molar-refractivity contribution in [1.29, 1.82) is 0 Å². The normalized spacial score (nSPS) is 20.6. The summed E-state index contributed by atoms with van der Waals surface area (Å²) in [6.45, 7) is 1.97. The average Bonchev–Trinajstić information content (AvgIpc) is 3.20. The number of hydrogen-bond donors (Lipinski definition) is 2. The largest absolute Gasteiger partial charge is 0.355 e. The van der Waals surface area contributed by atoms with Crippen LogP contribution in [0.1, 0.15) is 44.9 Å². The molecule has 0 spiro atoms. The van der Waals surface area contributed by atoms with E-state index in [0.717, 1.165) is 49.1 Å². The number of aromatic nitrogens is 1. The van der Waals surface area contributed by atoms with E-state index < -0.39 is 0 Å². The number of fused-ring (bicyclic) bond motifs is 1. The van der Waals surface area contributed by atoms with Crippen LogP contribution in [0.5, 0.6) is 0 Å². The molecule has 0 unspecified atom stereocenters. The van der Waals surface area contributed by atoms with E-state index in [-0.39, 0.29) is 5.91 Å². The van der Waals surface area contributed by atoms with Gasteiger partial charge in [-0.1, -0.05) is 30.9 Å². The van der Waals surface area contributed by atoms with Crippen LogP contribution in [0.3, 0.4) is 0 Å². The fraction of sp³-hybridized carbons (Fsp3) is 0.545. The zero-order valence-corrected chi connectivity index (χ0v) is 17.3. The Morgan fingerprint density at radius 2 is 2.00 bits per heavy atom. The lowest BCUT2D eigenvalue weighted by molar-refractivity contribution is -0.117. The van der Waals surface area contributed by atoms with Gasteiger partial charge in [0.1, 0.15) is 5.82 Å². The third-order valence-corrected chi connectivity index (χ3v) is 6.50. The Morgan fingerprint density at radius 1 is 1.18 bits per heavy atom. The molecule has 2 N–H and O–H groups in total. The van der Waals surface area contributed by atoms with Crippen molar-refractivity contribution >= 4 is 39.9 Å². The summed E-state index contributed by atoms with van der Waals surface area (Å²) in [5, 5.41) is 7.88. The number of amides is 1. The summed E-state index contributed by atoms with van der Waals surface area (Å²) >= 11 is 6.43. The second-order valence-electron chi connectivity index (χ2n) is 8.14. The molecule has 1 saturated carbocycles. The number of nitrogens with one attached hydrogen (secondary N) is 2. The number of rotatable bonds is 5. The number of anilines is 2. The maximum absolute atomic E-state index is 12.6. The fourth-order valence-electron chi connectivity index (χ4n) is 4.52. The van der Waals surface area contributed by atoms with E-state index in [4.69, 9.17) is 16.6 Å². The molecule has 2 fully saturated rings. The summed E-state index contributed by atoms with van der Waals surface area (Å²) in [6, 6.07) is 8.35. The second-order valence-corrected chi connectivity index (χ2v) is 8.54. The Hall–Kier alpha value is -1.85. The standard InChI is InChI=1S/C22H29ClN4O/c1-24-16-11-12-27(14-16)20-10-7-17-19(25-20)9-8-18(23)22(17)26-21(28)13-15-5-3-2-4-6-15/h7-10,15-16,24H,2-6,11-14H2,1H3,(H,26,28)/t16-/m0/s1. The third-order valence-electron chi connectivity index (χ3n) is 6.19. The van der Waals surface area contributed by atoms with Crippen molar-refractivity contribution in [2.45, 2.75) is 51.0 Å². The van der Waals surface area contributed by atoms with Gasteiger partial charge >= 0.3 is 0 Å². The van der Waals surface area contributed by atoms with E-state index in [1.54, 1.807) is 0 Å². The highest BCUT2D eigenvalue weighted by molar-refractivity contribution is 6.35. The Morgan fingerprint density at radius 3 is 2.75 bits per heavy atom. The highest BCUT2D eigenvalue weighted by Crippen LogP contribution is 2.33. The molecule has 1 aromatic carbocycles. The zero-order valence-electron chi connectivity index (χ0n) is 16.5. The lowest BCUT2D eigenvalue weighted by atomic mass is 9.87. The van der Waals surface area contributed by atoms with Crippen LogP contribution in [0.4, 0.5) is 11.5 Å². The molecule has 1 aliphatic heterocycles. The summed E-state index contributed by atoms with van der Waals surface area (Å²) in [5.74, 6) is 1.54. The lowest BCUT2D eigenvalue weighted by Crippen LogP contribution is -2.29. The molecule has 5 nitrogen and oxygen atoms in total. The molecular weight excluding hydrogens is 372 g/mol. The third kappa shape index (κ3) is 4.26. The van der Waals surface area contributed by atoms with Crippen LogP contribution in [-0.2, 0) is 4.79 Å². The molecule has 1 amide bonds. The maximum atomic E-state index is 12.6. The van der Waals surface area contributed by atoms with Crippen LogP contribution in [0.15, 0.2) is 24.3 Å². The molecular formula is C22H29ClN4O. The van der Waals surface area contributed by atoms with Gasteiger partial charge in [-0.2, -0.15) is 0 Å². The Kier molecular flexibility index (Phi) is 6.02. The average molecular weight is 401 g/mol. The number of pyridine rings is 1. The first-order chi connectivity index (χ1) is 13.6. The molecule has 0 bridgehead atoms. The number of benzene rings is 1. The Bertz CT molecular complexity index is 850. The van der Waals surface area contributed by atoms with Gasteiger partial charge in [-0.05, 0) is 56.5 Å². The minimum Gasteiger partial charge on any atom is -0.355 e. The molecule has 2 heterocycles. The molecule has 1 aromatic heterocycles. The molecule has 28 heavy (non-hydrogen) atoms. The minimum atomic E-state index is 0.0572. The van der Waals surface area contributed by atoms with Crippen LogP contribution < -0.4 is 15.5 Å². The van der Waals surface area contributed by atoms with Crippen LogP contribution in [-0.4, -0.2) is 37.1 Å². The molecule has 1 saturated heterocycles. The quantitative estimate of drug-likeness (QED) is 0.770. The predicted molar refractivity (Wildman–Crippen MR) is 116 cm³/mol. The van der Waals surface area contributed by atoms with Gasteiger partial charge in [-0.15, -0.1) is 0 Å². The van der Waals surface area contributed by atoms with Gasteiger partial charge in [0.25, 0.3) is 0 Å². The van der Waals surface area contributed by atoms with E-state index in [2.05, 4.69) is 15.5 Å². The fourth-order valence-corrected chi connectivity index (χ4v) is 4.73. The smallest absolute Gasteiger partial charge is 0.224 e. The number of likely N-dealkylation sites (N-methyl/N-ethyl adjacent to an activating group) is 1. The van der Waals surface area contributed by atoms with Crippen molar-refractivity contribution in [2.24, 2.45) is 5.92 Å². The SMILES string of the molecule is CN[C@H]1CCN(c2ccc3c(NC(=O)CC4CCCCC4)c(Cl)ccc3n2)C1. The van der Waals surface area contributed by atoms with Crippen molar-refractivity contribution in [3.8, 4) is 0 Å². The molecule has 1 aliphatic carbocycles. The van der Waals surface area contributed by atoms with E-state index in [1.165, 1.54) is 19.3 Å². The number of halogens is 1. The molecule has 6 heteroatoms. The first-order valence-electron chi connectivity index (χ1n) is 10.5. The van der Waals surface area contributed by atoms with Gasteiger partial charge in [-0.3, -0.25) is 4.79 Å². The first-order valence-corrected chi connectivity index (χ1v) is 10.8. The van der Waals surface area contributed by atoms with E-state index >= 15 is 0 Å². The topological polar surface area (TPSA) is 57.3 Å². The van der Waals surface area contributed by atoms with Gasteiger partial charge in [0.05, 0.1) is 16.2 Å². The van der Waals surface area contributed by atoms with Gasteiger partial charge in [0.2, 0.25) is 5.91 Å². The molecule has 1 atom stereocenters. The first kappa shape index (κ1) is 19.5. The number of carbonyl (C=O) groups is 1. The van der Waals surface area contributed by atoms with Crippen LogP contribution >= 0.6 is 11.6 Å². The predicted octanol–water partition coefficient (Wildman–Crippen LogP) is 4.60. The zero-order chi connectivity index (χ0) is 19.5. The minimum absolute atomic E-state index is 0.0572. The second kappa shape index (κ2) is 8.66. The summed E-state index contributed by atoms with van der Waals surface area (Å²) in [5.41, 5.74) is 1.55. The van der Waals surface area contributed by atoms with Gasteiger partial charge in [0, 0.05) is 30.9 Å². The Labute approximate surface area is 171 Å². The summed E-state index contributed by atoms with van der Waals surface area (Å²) < 4.78 is 0. The number of carbonyl (C=O) groups excluding carboxylic acids is 1. The Balaban J connectivity index is 1.53. The summed E-state index contributed by atoms with van der Waals surface area (Å²) in [7, 11) is 2.01. The number of nitrogens with zero attached hydrogens (tertiary/aromatic N) is 2. The van der Waals surface area contributed by atoms with Gasteiger partial charge in [-0.25, -0.2) is 4.98 Å². The van der Waals surface area contributed by atoms with Crippen molar-refractivity contribution in [1.82, 2.24) is 10.3 Å². The monoisotopic (exact) mass is 400 g/mol. The van der Waals surface area contributed by atoms with Gasteiger partial charge in [0.15, 0.2) is 0 Å². The summed E-state index contributed by atoms with van der Waals surface area (Å²) in [4.78, 5) is 19.8. The highest BCUT2D eigenvalue weighted by atomic mass is 35.5. The van der Waals surface area contributed by atoms with Gasteiger partial charge < -0.3 is 15.5 Å². The highest BCUT2D eigenvalue weighted by Gasteiger charge is 2.23. The van der Waals surface area contributed by atoms with Crippen molar-refractivity contribution in [3.05, 3.63) is 29.3 Å². The molecule has 150 valence electrons. The van der Waals surface area contributed by atoms with E-state index in [0.29, 0.717) is 29.1 Å². The van der Waals surface area contributed by atoms with E-state index in [9.17, 15) is 4.79 Å². The van der Waals surface area contributed by atoms with Crippen molar-refractivity contribution in [3.63, 3.8) is 0 Å². The molecule has 2 aliphatic rings. The van der Waals surface area contributed by atoms with Crippen LogP contribution in [0, 0.1) is 5.92 Å². The van der Waals surface area contributed by atoms with Crippen molar-refractivity contribution < 1.29 is 4.79 Å². The number of hydrogen-bond acceptors (Lipinski definition) is 4. The van der Waals surface area contributed by atoms with Crippen molar-refractivity contribution in [2.75, 3.05) is 30.4 Å². The van der Waals surface area contributed by atoms with E-state index in [1.807, 2.05) is 31.3 Å². The van der Waals surface area contributed by atoms with Crippen LogP contribution in [0.25, 0.3) is 10.9 Å². The molecule has 2 aromatic rings. The summed E-state index contributed by atoms with van der Waals surface area (Å²) in [6.07, 6.45) is 7.80. The lowest BCUT2D eigenvalue weighted by Gasteiger charge is -2.21. The molecule has 4 rings (SSSR count). The van der Waals surface area contributed by atoms with Crippen LogP contribution in [0.2, 0.25) is 5.02 Å².